The number of aliphatic hydroxyl groups is 1. The zero-order chi connectivity index (χ0) is 34.3. The maximum atomic E-state index is 13.4. The molecule has 1 heterocycles. The van der Waals surface area contributed by atoms with Gasteiger partial charge in [0.1, 0.15) is 5.60 Å². The molecule has 0 radical (unpaired) electrons. The summed E-state index contributed by atoms with van der Waals surface area (Å²) in [5.41, 5.74) is -13.0. The van der Waals surface area contributed by atoms with Crippen molar-refractivity contribution in [2.45, 2.75) is 88.5 Å². The molecule has 0 amide bonds. The molecule has 1 fully saturated rings. The minimum Gasteiger partial charge on any atom is -0.456 e. The first-order chi connectivity index (χ1) is 19.4. The minimum atomic E-state index is -5.37. The van der Waals surface area contributed by atoms with Crippen LogP contribution in [0.25, 0.3) is 0 Å². The van der Waals surface area contributed by atoms with E-state index in [9.17, 15) is 57.8 Å². The number of rotatable bonds is 5. The average molecular weight is 688 g/mol. The molecule has 44 heavy (non-hydrogen) atoms. The summed E-state index contributed by atoms with van der Waals surface area (Å²) < 4.78 is 166. The van der Waals surface area contributed by atoms with Gasteiger partial charge >= 0.3 is 24.7 Å². The Kier molecular flexibility index (Phi) is 10.9. The third-order valence-corrected chi connectivity index (χ3v) is 11.1. The molecule has 0 spiro atoms. The zero-order valence-electron chi connectivity index (χ0n) is 24.6. The summed E-state index contributed by atoms with van der Waals surface area (Å²) >= 11 is 0. The summed E-state index contributed by atoms with van der Waals surface area (Å²) in [6, 6.07) is -1.67. The van der Waals surface area contributed by atoms with Crippen LogP contribution in [0.2, 0.25) is 39.3 Å². The molecule has 3 nitrogen and oxygen atoms in total. The average Bonchev–Trinajstić information content (AvgIpc) is 3.34. The van der Waals surface area contributed by atoms with Gasteiger partial charge in [0.15, 0.2) is 16.6 Å². The van der Waals surface area contributed by atoms with E-state index in [1.54, 1.807) is 0 Å². The van der Waals surface area contributed by atoms with Crippen molar-refractivity contribution in [2.75, 3.05) is 6.54 Å². The summed E-state index contributed by atoms with van der Waals surface area (Å²) in [6.45, 7) is 13.5. The number of halogens is 12. The maximum absolute atomic E-state index is 13.4. The third kappa shape index (κ3) is 10.2. The van der Waals surface area contributed by atoms with Crippen LogP contribution in [-0.4, -0.2) is 34.3 Å². The van der Waals surface area contributed by atoms with Gasteiger partial charge in [0.2, 0.25) is 0 Å². The van der Waals surface area contributed by atoms with Gasteiger partial charge in [0.05, 0.1) is 22.3 Å². The Morgan fingerprint density at radius 3 is 1.02 bits per heavy atom. The number of hydrogen-bond donors (Lipinski definition) is 2. The van der Waals surface area contributed by atoms with Gasteiger partial charge < -0.3 is 14.5 Å². The van der Waals surface area contributed by atoms with Gasteiger partial charge in [-0.1, -0.05) is 0 Å². The number of hydrogen-bond acceptors (Lipinski definition) is 3. The van der Waals surface area contributed by atoms with E-state index in [4.69, 9.17) is 4.12 Å². The predicted molar refractivity (Wildman–Crippen MR) is 145 cm³/mol. The first-order valence-corrected chi connectivity index (χ1v) is 20.0. The summed E-state index contributed by atoms with van der Waals surface area (Å²) in [7, 11) is -2.46. The number of nitrogens with one attached hydrogen (secondary N) is 1. The quantitative estimate of drug-likeness (QED) is 0.243. The second-order valence-corrected chi connectivity index (χ2v) is 21.6. The lowest BCUT2D eigenvalue weighted by Crippen LogP contribution is -2.46. The van der Waals surface area contributed by atoms with E-state index in [-0.39, 0.29) is 55.8 Å². The first kappa shape index (κ1) is 38.1. The van der Waals surface area contributed by atoms with Gasteiger partial charge in [-0.05, 0) is 106 Å². The zero-order valence-corrected chi connectivity index (χ0v) is 26.6. The molecule has 1 aliphatic rings. The van der Waals surface area contributed by atoms with Crippen LogP contribution in [0.5, 0.6) is 0 Å². The monoisotopic (exact) mass is 687 g/mol. The molecule has 0 aliphatic carbocycles. The van der Waals surface area contributed by atoms with Crippen molar-refractivity contribution in [1.29, 1.82) is 0 Å². The Bertz CT molecular complexity index is 1130. The molecular formula is C27H33F12NO2Si2. The van der Waals surface area contributed by atoms with Crippen molar-refractivity contribution < 1.29 is 61.9 Å². The molecule has 3 rings (SSSR count). The van der Waals surface area contributed by atoms with Crippen molar-refractivity contribution in [3.05, 3.63) is 69.8 Å². The highest BCUT2D eigenvalue weighted by Crippen LogP contribution is 2.45. The maximum Gasteiger partial charge on any atom is 0.416 e. The molecule has 250 valence electrons. The lowest BCUT2D eigenvalue weighted by molar-refractivity contribution is -0.144. The van der Waals surface area contributed by atoms with E-state index in [1.807, 2.05) is 0 Å². The van der Waals surface area contributed by atoms with E-state index in [1.165, 1.54) is 0 Å². The van der Waals surface area contributed by atoms with Gasteiger partial charge in [0, 0.05) is 6.04 Å². The Hall–Kier alpha value is -2.09. The van der Waals surface area contributed by atoms with Crippen LogP contribution in [-0.2, 0) is 34.4 Å². The number of alkyl halides is 12. The lowest BCUT2D eigenvalue weighted by atomic mass is 9.77. The Morgan fingerprint density at radius 2 is 0.841 bits per heavy atom. The van der Waals surface area contributed by atoms with Crippen molar-refractivity contribution in [1.82, 2.24) is 5.32 Å². The smallest absolute Gasteiger partial charge is 0.416 e. The first-order valence-electron chi connectivity index (χ1n) is 13.2. The molecule has 2 N–H and O–H groups in total. The molecule has 1 atom stereocenters. The fourth-order valence-corrected chi connectivity index (χ4v) is 12.2. The summed E-state index contributed by atoms with van der Waals surface area (Å²) in [5.74, 6) is 0. The summed E-state index contributed by atoms with van der Waals surface area (Å²) in [6.07, 6.45) is -21.4. The highest BCUT2D eigenvalue weighted by atomic mass is 28.4. The number of benzene rings is 2. The highest BCUT2D eigenvalue weighted by molar-refractivity contribution is 6.83. The topological polar surface area (TPSA) is 41.5 Å². The van der Waals surface area contributed by atoms with Crippen LogP contribution < -0.4 is 5.32 Å². The molecule has 0 saturated carbocycles. The van der Waals surface area contributed by atoms with Crippen molar-refractivity contribution in [2.24, 2.45) is 0 Å². The van der Waals surface area contributed by atoms with Crippen LogP contribution in [0, 0.1) is 0 Å². The van der Waals surface area contributed by atoms with Gasteiger partial charge in [0.25, 0.3) is 0 Å². The molecule has 2 aromatic carbocycles. The van der Waals surface area contributed by atoms with Gasteiger partial charge in [-0.25, -0.2) is 0 Å². The molecule has 2 aromatic rings. The van der Waals surface area contributed by atoms with Gasteiger partial charge in [-0.3, -0.25) is 0 Å². The fraction of sp³-hybridized carbons (Fsp3) is 0.556. The van der Waals surface area contributed by atoms with Crippen LogP contribution in [0.15, 0.2) is 36.4 Å². The van der Waals surface area contributed by atoms with E-state index < -0.39 is 86.4 Å². The molecule has 1 aliphatic heterocycles. The molecule has 17 heteroatoms. The molecule has 0 unspecified atom stereocenters. The molecular weight excluding hydrogens is 654 g/mol. The van der Waals surface area contributed by atoms with Gasteiger partial charge in [-0.2, -0.15) is 52.7 Å². The van der Waals surface area contributed by atoms with Crippen LogP contribution in [0.1, 0.15) is 46.2 Å². The van der Waals surface area contributed by atoms with E-state index >= 15 is 0 Å². The van der Waals surface area contributed by atoms with Crippen molar-refractivity contribution in [3.63, 3.8) is 0 Å². The van der Waals surface area contributed by atoms with Crippen LogP contribution in [0.4, 0.5) is 52.7 Å². The highest BCUT2D eigenvalue weighted by Gasteiger charge is 2.47. The Morgan fingerprint density at radius 1 is 0.568 bits per heavy atom. The van der Waals surface area contributed by atoms with E-state index in [2.05, 4.69) is 44.6 Å². The predicted octanol–water partition coefficient (Wildman–Crippen LogP) is 9.42. The van der Waals surface area contributed by atoms with Crippen molar-refractivity contribution >= 4 is 16.6 Å². The summed E-state index contributed by atoms with van der Waals surface area (Å²) in [4.78, 5) is 0. The van der Waals surface area contributed by atoms with Crippen LogP contribution in [0.3, 0.4) is 0 Å². The fourth-order valence-electron chi connectivity index (χ4n) is 4.88. The van der Waals surface area contributed by atoms with Crippen molar-refractivity contribution in [3.8, 4) is 0 Å². The molecule has 1 saturated heterocycles. The lowest BCUT2D eigenvalue weighted by Gasteiger charge is -2.37. The van der Waals surface area contributed by atoms with E-state index in [0.717, 1.165) is 0 Å². The largest absolute Gasteiger partial charge is 0.456 e. The third-order valence-electron chi connectivity index (χ3n) is 6.23. The Balaban J connectivity index is 0.000000651. The van der Waals surface area contributed by atoms with Gasteiger partial charge in [-0.15, -0.1) is 0 Å². The van der Waals surface area contributed by atoms with E-state index in [0.29, 0.717) is 0 Å². The second-order valence-electron chi connectivity index (χ2n) is 12.3. The van der Waals surface area contributed by atoms with Crippen LogP contribution >= 0.6 is 0 Å². The molecule has 0 aromatic heterocycles. The normalized spacial score (nSPS) is 17.4. The Labute approximate surface area is 248 Å². The second kappa shape index (κ2) is 12.6. The minimum absolute atomic E-state index is 0.0587. The summed E-state index contributed by atoms with van der Waals surface area (Å²) in [5, 5.41) is 14.0. The SMILES string of the molecule is C[Si](C)(C)O[Si](C)(C)C.OC(c1cc(C(F)(F)F)cc(C(F)(F)F)c1)(c1cc(C(F)(F)F)cc(C(F)(F)F)c1)[C@H]1CCCN1. The molecule has 0 bridgehead atoms. The standard InChI is InChI=1S/C21H15F12NO.C6H18OSi2/c22-18(23,24)12-4-10(5-13(8-12)19(25,26)27)17(35,16-2-1-3-34-16)11-6-14(20(28,29)30)9-15(7-11)21(31,32)33;1-8(2,3)7-9(4,5)6/h4-9,16,34-35H,1-3H2;1-6H3/t16-;/m1./s1.